The van der Waals surface area contributed by atoms with Crippen LogP contribution < -0.4 is 4.74 Å². The van der Waals surface area contributed by atoms with Gasteiger partial charge in [-0.3, -0.25) is 9.59 Å². The molecular formula is C26H30O4. The summed E-state index contributed by atoms with van der Waals surface area (Å²) in [7, 11) is 3.14. The normalized spacial score (nSPS) is 20.5. The molecule has 0 aromatic heterocycles. The lowest BCUT2D eigenvalue weighted by molar-refractivity contribution is -0.127. The molecule has 0 heterocycles. The van der Waals surface area contributed by atoms with Crippen molar-refractivity contribution in [2.24, 2.45) is 11.8 Å². The van der Waals surface area contributed by atoms with Gasteiger partial charge >= 0.3 is 0 Å². The number of carbonyl (C=O) groups is 2. The zero-order valence-electron chi connectivity index (χ0n) is 18.0. The molecule has 0 aliphatic heterocycles. The van der Waals surface area contributed by atoms with Gasteiger partial charge in [-0.05, 0) is 42.5 Å². The summed E-state index contributed by atoms with van der Waals surface area (Å²) in [5.41, 5.74) is 1.56. The Morgan fingerprint density at radius 2 is 1.80 bits per heavy atom. The molecule has 1 saturated carbocycles. The van der Waals surface area contributed by atoms with E-state index in [1.165, 1.54) is 7.11 Å². The number of ether oxygens (including phenoxy) is 2. The minimum atomic E-state index is -0.226. The average Bonchev–Trinajstić information content (AvgIpc) is 2.80. The fourth-order valence-electron chi connectivity index (χ4n) is 4.46. The predicted octanol–water partition coefficient (Wildman–Crippen LogP) is 5.59. The Morgan fingerprint density at radius 3 is 2.40 bits per heavy atom. The lowest BCUT2D eigenvalue weighted by atomic mass is 9.68. The van der Waals surface area contributed by atoms with Crippen molar-refractivity contribution in [2.75, 3.05) is 14.2 Å². The summed E-state index contributed by atoms with van der Waals surface area (Å²) in [6, 6.07) is 16.9. The maximum atomic E-state index is 13.1. The first kappa shape index (κ1) is 21.8. The molecule has 3 rings (SSSR count). The summed E-state index contributed by atoms with van der Waals surface area (Å²) in [6.07, 6.45) is 5.35. The molecule has 4 heteroatoms. The van der Waals surface area contributed by atoms with E-state index in [-0.39, 0.29) is 29.2 Å². The van der Waals surface area contributed by atoms with Crippen molar-refractivity contribution < 1.29 is 19.1 Å². The predicted molar refractivity (Wildman–Crippen MR) is 118 cm³/mol. The highest BCUT2D eigenvalue weighted by Crippen LogP contribution is 2.41. The van der Waals surface area contributed by atoms with Crippen LogP contribution in [0, 0.1) is 11.8 Å². The van der Waals surface area contributed by atoms with Crippen LogP contribution in [0.5, 0.6) is 5.75 Å². The highest BCUT2D eigenvalue weighted by molar-refractivity contribution is 6.07. The standard InChI is InChI=1S/C26H30O4/c1-4-18-11-8-12-23(27)25(18)22(19-13-15-21(29-2)16-14-19)17-24(30-3)26(28)20-9-6-5-7-10-20/h5-7,9-10,13-18,22,25H,4,8,11-12H2,1-3H3/b24-17-/t18-,22-,25-/m0/s1. The van der Waals surface area contributed by atoms with Gasteiger partial charge in [0.1, 0.15) is 11.5 Å². The summed E-state index contributed by atoms with van der Waals surface area (Å²) < 4.78 is 10.8. The molecule has 0 spiro atoms. The molecule has 0 unspecified atom stereocenters. The minimum absolute atomic E-state index is 0.161. The molecular weight excluding hydrogens is 376 g/mol. The maximum absolute atomic E-state index is 13.1. The fraction of sp³-hybridized carbons (Fsp3) is 0.385. The number of Topliss-reactive ketones (excluding diaryl/α,β-unsaturated/α-hetero) is 2. The summed E-state index contributed by atoms with van der Waals surface area (Å²) in [6.45, 7) is 2.14. The van der Waals surface area contributed by atoms with Crippen LogP contribution in [-0.2, 0) is 9.53 Å². The number of allylic oxidation sites excluding steroid dienone is 2. The van der Waals surface area contributed by atoms with Gasteiger partial charge in [0.15, 0.2) is 5.76 Å². The number of rotatable bonds is 8. The van der Waals surface area contributed by atoms with E-state index in [0.717, 1.165) is 30.6 Å². The summed E-state index contributed by atoms with van der Waals surface area (Å²) >= 11 is 0. The van der Waals surface area contributed by atoms with Gasteiger partial charge in [0.05, 0.1) is 14.2 Å². The van der Waals surface area contributed by atoms with E-state index in [2.05, 4.69) is 6.92 Å². The Kier molecular flexibility index (Phi) is 7.45. The lowest BCUT2D eigenvalue weighted by Gasteiger charge is -2.35. The smallest absolute Gasteiger partial charge is 0.227 e. The molecule has 3 atom stereocenters. The molecule has 0 saturated heterocycles. The number of benzene rings is 2. The van der Waals surface area contributed by atoms with Crippen molar-refractivity contribution >= 4 is 11.6 Å². The number of hydrogen-bond donors (Lipinski definition) is 0. The van der Waals surface area contributed by atoms with E-state index in [1.807, 2.05) is 48.5 Å². The molecule has 1 aliphatic carbocycles. The van der Waals surface area contributed by atoms with Crippen molar-refractivity contribution in [3.05, 3.63) is 77.6 Å². The molecule has 158 valence electrons. The minimum Gasteiger partial charge on any atom is -0.497 e. The molecule has 1 fully saturated rings. The van der Waals surface area contributed by atoms with Crippen molar-refractivity contribution in [1.29, 1.82) is 0 Å². The Labute approximate surface area is 178 Å². The zero-order valence-corrected chi connectivity index (χ0v) is 18.0. The van der Waals surface area contributed by atoms with Gasteiger partial charge in [-0.15, -0.1) is 0 Å². The van der Waals surface area contributed by atoms with Crippen LogP contribution in [0.25, 0.3) is 0 Å². The number of carbonyl (C=O) groups excluding carboxylic acids is 2. The van der Waals surface area contributed by atoms with Crippen LogP contribution in [0.1, 0.15) is 54.4 Å². The van der Waals surface area contributed by atoms with Crippen LogP contribution in [0.3, 0.4) is 0 Å². The Bertz CT molecular complexity index is 883. The first-order valence-corrected chi connectivity index (χ1v) is 10.6. The van der Waals surface area contributed by atoms with E-state index in [0.29, 0.717) is 17.9 Å². The van der Waals surface area contributed by atoms with Crippen LogP contribution >= 0.6 is 0 Å². The van der Waals surface area contributed by atoms with Crippen LogP contribution in [0.4, 0.5) is 0 Å². The van der Waals surface area contributed by atoms with Gasteiger partial charge in [0.2, 0.25) is 5.78 Å². The fourth-order valence-corrected chi connectivity index (χ4v) is 4.46. The second-order valence-corrected chi connectivity index (χ2v) is 7.78. The molecule has 0 N–H and O–H groups in total. The van der Waals surface area contributed by atoms with Gasteiger partial charge in [-0.2, -0.15) is 0 Å². The molecule has 4 nitrogen and oxygen atoms in total. The van der Waals surface area contributed by atoms with E-state index in [1.54, 1.807) is 19.2 Å². The van der Waals surface area contributed by atoms with Crippen molar-refractivity contribution in [1.82, 2.24) is 0 Å². The molecule has 30 heavy (non-hydrogen) atoms. The third kappa shape index (κ3) is 4.81. The topological polar surface area (TPSA) is 52.6 Å². The highest BCUT2D eigenvalue weighted by Gasteiger charge is 2.37. The Morgan fingerprint density at radius 1 is 1.10 bits per heavy atom. The monoisotopic (exact) mass is 406 g/mol. The largest absolute Gasteiger partial charge is 0.497 e. The van der Waals surface area contributed by atoms with Gasteiger partial charge in [0.25, 0.3) is 0 Å². The van der Waals surface area contributed by atoms with Gasteiger partial charge < -0.3 is 9.47 Å². The third-order valence-corrected chi connectivity index (χ3v) is 6.10. The van der Waals surface area contributed by atoms with E-state index < -0.39 is 0 Å². The molecule has 1 aliphatic rings. The number of hydrogen-bond acceptors (Lipinski definition) is 4. The molecule has 2 aromatic carbocycles. The third-order valence-electron chi connectivity index (χ3n) is 6.10. The van der Waals surface area contributed by atoms with Gasteiger partial charge in [-0.1, -0.05) is 55.8 Å². The van der Waals surface area contributed by atoms with Crippen molar-refractivity contribution in [3.8, 4) is 5.75 Å². The Hall–Kier alpha value is -2.88. The molecule has 0 amide bonds. The average molecular weight is 407 g/mol. The quantitative estimate of drug-likeness (QED) is 0.326. The SMILES string of the molecule is CC[C@H]1CCCC(=O)[C@@H]1[C@@H](/C=C(\OC)C(=O)c1ccccc1)c1ccc(OC)cc1. The van der Waals surface area contributed by atoms with E-state index in [9.17, 15) is 9.59 Å². The van der Waals surface area contributed by atoms with Crippen LogP contribution in [-0.4, -0.2) is 25.8 Å². The van der Waals surface area contributed by atoms with Gasteiger partial charge in [-0.25, -0.2) is 0 Å². The first-order valence-electron chi connectivity index (χ1n) is 10.6. The lowest BCUT2D eigenvalue weighted by Crippen LogP contribution is -2.33. The molecule has 0 radical (unpaired) electrons. The summed E-state index contributed by atoms with van der Waals surface area (Å²) in [4.78, 5) is 26.1. The van der Waals surface area contributed by atoms with Crippen LogP contribution in [0.2, 0.25) is 0 Å². The molecule has 2 aromatic rings. The number of ketones is 2. The maximum Gasteiger partial charge on any atom is 0.227 e. The van der Waals surface area contributed by atoms with E-state index >= 15 is 0 Å². The zero-order chi connectivity index (χ0) is 21.5. The number of methoxy groups -OCH3 is 2. The van der Waals surface area contributed by atoms with Crippen LogP contribution in [0.15, 0.2) is 66.4 Å². The summed E-state index contributed by atoms with van der Waals surface area (Å²) in [5.74, 6) is 1.04. The second-order valence-electron chi connectivity index (χ2n) is 7.78. The van der Waals surface area contributed by atoms with Crippen molar-refractivity contribution in [2.45, 2.75) is 38.5 Å². The first-order chi connectivity index (χ1) is 14.6. The van der Waals surface area contributed by atoms with E-state index in [4.69, 9.17) is 9.47 Å². The Balaban J connectivity index is 2.06. The highest BCUT2D eigenvalue weighted by atomic mass is 16.5. The van der Waals surface area contributed by atoms with Crippen molar-refractivity contribution in [3.63, 3.8) is 0 Å². The van der Waals surface area contributed by atoms with Gasteiger partial charge in [0, 0.05) is 23.8 Å². The molecule has 0 bridgehead atoms. The summed E-state index contributed by atoms with van der Waals surface area (Å²) in [5, 5.41) is 0. The second kappa shape index (κ2) is 10.2.